The number of aliphatic hydroxyl groups is 1. The van der Waals surface area contributed by atoms with Crippen LogP contribution >= 0.6 is 11.6 Å². The Kier molecular flexibility index (Phi) is 5.93. The number of benzene rings is 2. The van der Waals surface area contributed by atoms with Crippen molar-refractivity contribution in [2.24, 2.45) is 0 Å². The van der Waals surface area contributed by atoms with Crippen molar-refractivity contribution in [1.82, 2.24) is 5.32 Å². The molecule has 0 spiro atoms. The van der Waals surface area contributed by atoms with E-state index >= 15 is 0 Å². The van der Waals surface area contributed by atoms with Gasteiger partial charge in [0.25, 0.3) is 5.91 Å². The van der Waals surface area contributed by atoms with Gasteiger partial charge in [0.1, 0.15) is 5.82 Å². The Morgan fingerprint density at radius 2 is 1.85 bits per heavy atom. The molecule has 140 valence electrons. The number of alkyl halides is 3. The van der Waals surface area contributed by atoms with Crippen molar-refractivity contribution >= 4 is 17.5 Å². The van der Waals surface area contributed by atoms with E-state index < -0.39 is 35.6 Å². The topological polar surface area (TPSA) is 49.3 Å². The van der Waals surface area contributed by atoms with E-state index in [9.17, 15) is 27.5 Å². The van der Waals surface area contributed by atoms with Gasteiger partial charge in [-0.3, -0.25) is 4.79 Å². The molecule has 0 aliphatic rings. The molecule has 0 aliphatic heterocycles. The fourth-order valence-electron chi connectivity index (χ4n) is 2.45. The van der Waals surface area contributed by atoms with Crippen molar-refractivity contribution in [2.45, 2.75) is 31.7 Å². The number of nitrogens with one attached hydrogen (secondary N) is 1. The molecule has 0 aromatic heterocycles. The summed E-state index contributed by atoms with van der Waals surface area (Å²) in [5.74, 6) is -1.75. The van der Waals surface area contributed by atoms with Crippen molar-refractivity contribution in [3.05, 3.63) is 70.0 Å². The van der Waals surface area contributed by atoms with Crippen LogP contribution in [0.3, 0.4) is 0 Å². The van der Waals surface area contributed by atoms with Gasteiger partial charge in [-0.25, -0.2) is 4.39 Å². The Morgan fingerprint density at radius 1 is 1.15 bits per heavy atom. The second-order valence-electron chi connectivity index (χ2n) is 5.71. The van der Waals surface area contributed by atoms with Crippen LogP contribution in [-0.2, 0) is 23.1 Å². The molecule has 1 atom stereocenters. The number of halogens is 5. The molecule has 0 radical (unpaired) electrons. The molecule has 8 heteroatoms. The monoisotopic (exact) mass is 389 g/mol. The summed E-state index contributed by atoms with van der Waals surface area (Å²) in [5.41, 5.74) is -3.07. The molecule has 26 heavy (non-hydrogen) atoms. The normalized spacial score (nSPS) is 14.0. The zero-order valence-corrected chi connectivity index (χ0v) is 14.5. The smallest absolute Gasteiger partial charge is 0.375 e. The molecule has 0 saturated carbocycles. The third-order valence-electron chi connectivity index (χ3n) is 4.00. The maximum atomic E-state index is 13.8. The molecule has 0 aliphatic carbocycles. The van der Waals surface area contributed by atoms with Crippen LogP contribution in [0.25, 0.3) is 0 Å². The van der Waals surface area contributed by atoms with Gasteiger partial charge in [-0.05, 0) is 42.3 Å². The Labute approximate surface area is 152 Å². The lowest BCUT2D eigenvalue weighted by molar-refractivity contribution is -0.141. The molecule has 0 bridgehead atoms. The number of rotatable bonds is 5. The van der Waals surface area contributed by atoms with Crippen LogP contribution in [-0.4, -0.2) is 11.0 Å². The highest BCUT2D eigenvalue weighted by Gasteiger charge is 2.36. The van der Waals surface area contributed by atoms with Gasteiger partial charge in [0.15, 0.2) is 5.60 Å². The second kappa shape index (κ2) is 7.63. The maximum Gasteiger partial charge on any atom is 0.416 e. The lowest BCUT2D eigenvalue weighted by Gasteiger charge is -2.26. The lowest BCUT2D eigenvalue weighted by Crippen LogP contribution is -2.43. The van der Waals surface area contributed by atoms with E-state index in [2.05, 4.69) is 5.32 Å². The van der Waals surface area contributed by atoms with Crippen LogP contribution in [0.15, 0.2) is 42.5 Å². The van der Waals surface area contributed by atoms with Gasteiger partial charge in [-0.2, -0.15) is 13.2 Å². The van der Waals surface area contributed by atoms with Gasteiger partial charge in [-0.1, -0.05) is 30.7 Å². The van der Waals surface area contributed by atoms with Crippen molar-refractivity contribution < 1.29 is 27.5 Å². The molecule has 2 rings (SSSR count). The largest absolute Gasteiger partial charge is 0.416 e. The van der Waals surface area contributed by atoms with Crippen LogP contribution in [0.4, 0.5) is 17.6 Å². The number of hydrogen-bond acceptors (Lipinski definition) is 2. The summed E-state index contributed by atoms with van der Waals surface area (Å²) in [6.07, 6.45) is -4.64. The summed E-state index contributed by atoms with van der Waals surface area (Å²) < 4.78 is 52.0. The first-order valence-corrected chi connectivity index (χ1v) is 8.08. The maximum absolute atomic E-state index is 13.8. The molecule has 2 aromatic rings. The van der Waals surface area contributed by atoms with Crippen LogP contribution in [0.1, 0.15) is 30.0 Å². The Bertz CT molecular complexity index is 810. The number of amides is 1. The van der Waals surface area contributed by atoms with Gasteiger partial charge < -0.3 is 10.4 Å². The van der Waals surface area contributed by atoms with Crippen LogP contribution < -0.4 is 5.32 Å². The van der Waals surface area contributed by atoms with Crippen LogP contribution in [0.2, 0.25) is 5.02 Å². The van der Waals surface area contributed by atoms with Gasteiger partial charge in [0.05, 0.1) is 5.56 Å². The quantitative estimate of drug-likeness (QED) is 0.744. The standard InChI is InChI=1S/C18H16ClF4NO2/c1-2-17(26,12-4-3-5-14(19)9-12)16(25)24-10-11-8-13(18(21,22)23)6-7-15(11)20/h3-9,26H,2,10H2,1H3,(H,24,25)/t17-/m1/s1. The Balaban J connectivity index is 2.22. The second-order valence-corrected chi connectivity index (χ2v) is 6.15. The van der Waals surface area contributed by atoms with Crippen molar-refractivity contribution in [3.8, 4) is 0 Å². The average molecular weight is 390 g/mol. The fourth-order valence-corrected chi connectivity index (χ4v) is 2.64. The van der Waals surface area contributed by atoms with Crippen molar-refractivity contribution in [3.63, 3.8) is 0 Å². The summed E-state index contributed by atoms with van der Waals surface area (Å²) in [5, 5.41) is 13.3. The zero-order valence-electron chi connectivity index (χ0n) is 13.7. The van der Waals surface area contributed by atoms with E-state index in [1.54, 1.807) is 19.1 Å². The third-order valence-corrected chi connectivity index (χ3v) is 4.24. The van der Waals surface area contributed by atoms with Crippen LogP contribution in [0.5, 0.6) is 0 Å². The van der Waals surface area contributed by atoms with Crippen molar-refractivity contribution in [2.75, 3.05) is 0 Å². The minimum Gasteiger partial charge on any atom is -0.375 e. The van der Waals surface area contributed by atoms with E-state index in [1.165, 1.54) is 12.1 Å². The highest BCUT2D eigenvalue weighted by Crippen LogP contribution is 2.31. The van der Waals surface area contributed by atoms with E-state index in [4.69, 9.17) is 11.6 Å². The Hall–Kier alpha value is -2.12. The van der Waals surface area contributed by atoms with Gasteiger partial charge in [-0.15, -0.1) is 0 Å². The predicted molar refractivity (Wildman–Crippen MR) is 88.9 cm³/mol. The number of hydrogen-bond donors (Lipinski definition) is 2. The third kappa shape index (κ3) is 4.34. The van der Waals surface area contributed by atoms with E-state index in [0.29, 0.717) is 23.2 Å². The average Bonchev–Trinajstić information content (AvgIpc) is 2.59. The van der Waals surface area contributed by atoms with Gasteiger partial charge in [0.2, 0.25) is 0 Å². The van der Waals surface area contributed by atoms with E-state index in [1.807, 2.05) is 0 Å². The zero-order chi connectivity index (χ0) is 19.5. The summed E-state index contributed by atoms with van der Waals surface area (Å²) in [7, 11) is 0. The number of carbonyl (C=O) groups excluding carboxylic acids is 1. The minimum atomic E-state index is -4.63. The first-order chi connectivity index (χ1) is 12.1. The molecule has 0 saturated heterocycles. The summed E-state index contributed by atoms with van der Waals surface area (Å²) in [6.45, 7) is 1.06. The summed E-state index contributed by atoms with van der Waals surface area (Å²) in [6, 6.07) is 7.96. The minimum absolute atomic E-state index is 0.00967. The van der Waals surface area contributed by atoms with Gasteiger partial charge in [0, 0.05) is 17.1 Å². The van der Waals surface area contributed by atoms with E-state index in [-0.39, 0.29) is 17.5 Å². The number of carbonyl (C=O) groups is 1. The lowest BCUT2D eigenvalue weighted by atomic mass is 9.90. The molecule has 0 fully saturated rings. The summed E-state index contributed by atoms with van der Waals surface area (Å²) >= 11 is 5.87. The first kappa shape index (κ1) is 20.2. The molecule has 1 amide bonds. The molecule has 2 aromatic carbocycles. The SMILES string of the molecule is CC[C@](O)(C(=O)NCc1cc(C(F)(F)F)ccc1F)c1cccc(Cl)c1. The fraction of sp³-hybridized carbons (Fsp3) is 0.278. The molecule has 3 nitrogen and oxygen atoms in total. The van der Waals surface area contributed by atoms with E-state index in [0.717, 1.165) is 0 Å². The summed E-state index contributed by atoms with van der Waals surface area (Å²) in [4.78, 5) is 12.4. The first-order valence-electron chi connectivity index (χ1n) is 7.70. The molecule has 0 unspecified atom stereocenters. The molecular weight excluding hydrogens is 374 g/mol. The molecular formula is C18H16ClF4NO2. The highest BCUT2D eigenvalue weighted by molar-refractivity contribution is 6.30. The van der Waals surface area contributed by atoms with Gasteiger partial charge >= 0.3 is 6.18 Å². The Morgan fingerprint density at radius 3 is 2.42 bits per heavy atom. The van der Waals surface area contributed by atoms with Crippen molar-refractivity contribution in [1.29, 1.82) is 0 Å². The van der Waals surface area contributed by atoms with Crippen LogP contribution in [0, 0.1) is 5.82 Å². The predicted octanol–water partition coefficient (Wildman–Crippen LogP) is 4.41. The molecule has 0 heterocycles. The molecule has 2 N–H and O–H groups in total. The highest BCUT2D eigenvalue weighted by atomic mass is 35.5.